The maximum atomic E-state index is 12.6. The number of ether oxygens (including phenoxy) is 1. The van der Waals surface area contributed by atoms with Gasteiger partial charge in [0.15, 0.2) is 0 Å². The molecule has 1 N–H and O–H groups in total. The number of carbonyl (C=O) groups is 2. The number of benzene rings is 1. The number of rotatable bonds is 3. The summed E-state index contributed by atoms with van der Waals surface area (Å²) in [7, 11) is 3.76. The summed E-state index contributed by atoms with van der Waals surface area (Å²) in [5.41, 5.74) is 0.828. The Bertz CT molecular complexity index is 579. The van der Waals surface area contributed by atoms with Crippen molar-refractivity contribution in [2.75, 3.05) is 51.8 Å². The first-order chi connectivity index (χ1) is 11.1. The van der Waals surface area contributed by atoms with Gasteiger partial charge in [-0.25, -0.2) is 0 Å². The zero-order valence-electron chi connectivity index (χ0n) is 13.7. The highest BCUT2D eigenvalue weighted by atomic mass is 16.5. The summed E-state index contributed by atoms with van der Waals surface area (Å²) < 4.78 is 5.14. The molecule has 0 saturated carbocycles. The Balaban J connectivity index is 1.65. The summed E-state index contributed by atoms with van der Waals surface area (Å²) in [6, 6.07) is 7.40. The van der Waals surface area contributed by atoms with E-state index in [4.69, 9.17) is 4.74 Å². The molecular formula is C17H24N3O3+. The first kappa shape index (κ1) is 15.8. The normalized spacial score (nSPS) is 22.5. The van der Waals surface area contributed by atoms with Crippen LogP contribution in [0.25, 0.3) is 0 Å². The molecule has 1 aromatic carbocycles. The zero-order chi connectivity index (χ0) is 16.4. The van der Waals surface area contributed by atoms with Gasteiger partial charge in [0.2, 0.25) is 11.8 Å². The van der Waals surface area contributed by atoms with Crippen LogP contribution in [-0.4, -0.2) is 63.6 Å². The van der Waals surface area contributed by atoms with E-state index in [1.165, 1.54) is 4.90 Å². The van der Waals surface area contributed by atoms with Crippen molar-refractivity contribution in [2.45, 2.75) is 6.42 Å². The largest absolute Gasteiger partial charge is 0.497 e. The van der Waals surface area contributed by atoms with Crippen LogP contribution in [0.15, 0.2) is 24.3 Å². The molecule has 0 spiro atoms. The highest BCUT2D eigenvalue weighted by Crippen LogP contribution is 2.27. The second kappa shape index (κ2) is 6.58. The van der Waals surface area contributed by atoms with Crippen LogP contribution in [0.5, 0.6) is 5.75 Å². The Morgan fingerprint density at radius 2 is 1.87 bits per heavy atom. The van der Waals surface area contributed by atoms with Gasteiger partial charge in [-0.2, -0.15) is 0 Å². The third-order valence-corrected chi connectivity index (χ3v) is 4.79. The number of likely N-dealkylation sites (N-methyl/N-ethyl adjacent to an activating group) is 1. The fraction of sp³-hybridized carbons (Fsp3) is 0.529. The minimum absolute atomic E-state index is 0.0215. The summed E-state index contributed by atoms with van der Waals surface area (Å²) in [5, 5.41) is 0. The quantitative estimate of drug-likeness (QED) is 0.810. The second-order valence-electron chi connectivity index (χ2n) is 6.39. The van der Waals surface area contributed by atoms with Crippen molar-refractivity contribution in [1.82, 2.24) is 4.90 Å². The molecule has 0 aromatic heterocycles. The minimum Gasteiger partial charge on any atom is -0.497 e. The maximum absolute atomic E-state index is 12.6. The predicted octanol–water partition coefficient (Wildman–Crippen LogP) is -0.595. The molecule has 6 nitrogen and oxygen atoms in total. The number of amides is 2. The number of piperazine rings is 1. The summed E-state index contributed by atoms with van der Waals surface area (Å²) in [5.74, 6) is 0.686. The maximum Gasteiger partial charge on any atom is 0.228 e. The van der Waals surface area contributed by atoms with Gasteiger partial charge in [-0.05, 0) is 24.3 Å². The van der Waals surface area contributed by atoms with Crippen LogP contribution in [0.2, 0.25) is 0 Å². The number of methoxy groups -OCH3 is 1. The van der Waals surface area contributed by atoms with Crippen molar-refractivity contribution in [3.63, 3.8) is 0 Å². The lowest BCUT2D eigenvalue weighted by Gasteiger charge is -2.31. The van der Waals surface area contributed by atoms with Gasteiger partial charge in [-0.3, -0.25) is 9.59 Å². The summed E-state index contributed by atoms with van der Waals surface area (Å²) in [4.78, 5) is 30.0. The lowest BCUT2D eigenvalue weighted by atomic mass is 10.1. The van der Waals surface area contributed by atoms with E-state index in [9.17, 15) is 9.59 Å². The molecule has 2 aliphatic heterocycles. The molecule has 124 valence electrons. The van der Waals surface area contributed by atoms with Gasteiger partial charge >= 0.3 is 0 Å². The highest BCUT2D eigenvalue weighted by Gasteiger charge is 2.38. The van der Waals surface area contributed by atoms with Gasteiger partial charge in [-0.1, -0.05) is 0 Å². The molecule has 2 aliphatic rings. The van der Waals surface area contributed by atoms with E-state index in [-0.39, 0.29) is 17.7 Å². The van der Waals surface area contributed by atoms with E-state index in [0.717, 1.165) is 37.6 Å². The number of nitrogens with one attached hydrogen (secondary N) is 1. The minimum atomic E-state index is -0.219. The van der Waals surface area contributed by atoms with Crippen molar-refractivity contribution in [3.8, 4) is 5.75 Å². The topological polar surface area (TPSA) is 54.3 Å². The first-order valence-corrected chi connectivity index (χ1v) is 8.13. The molecule has 0 unspecified atom stereocenters. The van der Waals surface area contributed by atoms with E-state index in [2.05, 4.69) is 7.05 Å². The van der Waals surface area contributed by atoms with Crippen molar-refractivity contribution in [1.29, 1.82) is 0 Å². The molecule has 6 heteroatoms. The summed E-state index contributed by atoms with van der Waals surface area (Å²) >= 11 is 0. The molecule has 1 aromatic rings. The molecular weight excluding hydrogens is 294 g/mol. The Morgan fingerprint density at radius 3 is 2.48 bits per heavy atom. The molecule has 23 heavy (non-hydrogen) atoms. The van der Waals surface area contributed by atoms with Crippen molar-refractivity contribution in [3.05, 3.63) is 24.3 Å². The highest BCUT2D eigenvalue weighted by molar-refractivity contribution is 6.00. The average molecular weight is 318 g/mol. The Labute approximate surface area is 136 Å². The molecule has 0 radical (unpaired) electrons. The summed E-state index contributed by atoms with van der Waals surface area (Å²) in [6.07, 6.45) is 0.310. The van der Waals surface area contributed by atoms with Gasteiger partial charge < -0.3 is 19.4 Å². The van der Waals surface area contributed by atoms with Crippen molar-refractivity contribution in [2.24, 2.45) is 5.92 Å². The standard InChI is InChI=1S/C17H23N3O3/c1-18-7-9-19(10-8-18)17(22)13-11-16(21)20(12-13)14-3-5-15(23-2)6-4-14/h3-6,13H,7-12H2,1-2H3/p+1/t13-/m0/s1. The molecule has 2 heterocycles. The summed E-state index contributed by atoms with van der Waals surface area (Å²) in [6.45, 7) is 4.02. The van der Waals surface area contributed by atoms with Gasteiger partial charge in [0.1, 0.15) is 5.75 Å². The lowest BCUT2D eigenvalue weighted by Crippen LogP contribution is -3.12. The number of anilines is 1. The van der Waals surface area contributed by atoms with E-state index in [0.29, 0.717) is 13.0 Å². The molecule has 2 fully saturated rings. The van der Waals surface area contributed by atoms with Crippen LogP contribution in [0.3, 0.4) is 0 Å². The van der Waals surface area contributed by atoms with Crippen LogP contribution >= 0.6 is 0 Å². The number of hydrogen-bond donors (Lipinski definition) is 1. The average Bonchev–Trinajstić information content (AvgIpc) is 2.97. The van der Waals surface area contributed by atoms with Crippen LogP contribution < -0.4 is 14.5 Å². The van der Waals surface area contributed by atoms with E-state index >= 15 is 0 Å². The Hall–Kier alpha value is -2.08. The van der Waals surface area contributed by atoms with Crippen LogP contribution in [0.1, 0.15) is 6.42 Å². The SMILES string of the molecule is COc1ccc(N2C[C@@H](C(=O)N3CC[NH+](C)CC3)CC2=O)cc1. The zero-order valence-corrected chi connectivity index (χ0v) is 13.7. The molecule has 2 amide bonds. The van der Waals surface area contributed by atoms with E-state index in [1.807, 2.05) is 29.2 Å². The molecule has 0 bridgehead atoms. The van der Waals surface area contributed by atoms with Crippen LogP contribution in [0.4, 0.5) is 5.69 Å². The number of nitrogens with zero attached hydrogens (tertiary/aromatic N) is 2. The second-order valence-corrected chi connectivity index (χ2v) is 6.39. The van der Waals surface area contributed by atoms with Gasteiger partial charge in [0.05, 0.1) is 46.3 Å². The smallest absolute Gasteiger partial charge is 0.228 e. The number of quaternary nitrogens is 1. The van der Waals surface area contributed by atoms with E-state index in [1.54, 1.807) is 12.0 Å². The van der Waals surface area contributed by atoms with Crippen molar-refractivity contribution < 1.29 is 19.2 Å². The van der Waals surface area contributed by atoms with Crippen molar-refractivity contribution >= 4 is 17.5 Å². The molecule has 3 rings (SSSR count). The third kappa shape index (κ3) is 3.32. The molecule has 1 atom stereocenters. The first-order valence-electron chi connectivity index (χ1n) is 8.13. The predicted molar refractivity (Wildman–Crippen MR) is 86.7 cm³/mol. The van der Waals surface area contributed by atoms with Gasteiger partial charge in [0, 0.05) is 18.7 Å². The fourth-order valence-electron chi connectivity index (χ4n) is 3.25. The molecule has 0 aliphatic carbocycles. The molecule has 2 saturated heterocycles. The van der Waals surface area contributed by atoms with Gasteiger partial charge in [-0.15, -0.1) is 0 Å². The lowest BCUT2D eigenvalue weighted by molar-refractivity contribution is -0.883. The number of carbonyl (C=O) groups excluding carboxylic acids is 2. The monoisotopic (exact) mass is 318 g/mol. The third-order valence-electron chi connectivity index (χ3n) is 4.79. The fourth-order valence-corrected chi connectivity index (χ4v) is 3.25. The van der Waals surface area contributed by atoms with Crippen LogP contribution in [0, 0.1) is 5.92 Å². The van der Waals surface area contributed by atoms with Crippen LogP contribution in [-0.2, 0) is 9.59 Å². The van der Waals surface area contributed by atoms with E-state index < -0.39 is 0 Å². The Kier molecular flexibility index (Phi) is 4.52. The van der Waals surface area contributed by atoms with Gasteiger partial charge in [0.25, 0.3) is 0 Å². The Morgan fingerprint density at radius 1 is 1.22 bits per heavy atom. The number of hydrogen-bond acceptors (Lipinski definition) is 3.